The summed E-state index contributed by atoms with van der Waals surface area (Å²) in [6.07, 6.45) is 0.818. The summed E-state index contributed by atoms with van der Waals surface area (Å²) >= 11 is 0. The highest BCUT2D eigenvalue weighted by Crippen LogP contribution is 2.35. The number of hydrogen-bond donors (Lipinski definition) is 0. The molecule has 0 aliphatic carbocycles. The summed E-state index contributed by atoms with van der Waals surface area (Å²) < 4.78 is 18.4. The van der Waals surface area contributed by atoms with Crippen LogP contribution in [-0.4, -0.2) is 48.7 Å². The van der Waals surface area contributed by atoms with Gasteiger partial charge in [0.15, 0.2) is 0 Å². The fraction of sp³-hybridized carbons (Fsp3) is 0.562. The lowest BCUT2D eigenvalue weighted by Gasteiger charge is -2.26. The standard InChI is InChI=1S/C16H21FN2O2/c1-12-9-15(13-3-2-4-14(17)10-13)19(11-12)6-5-18-7-8-21-16(18)20/h2-4,10,12,15H,5-9,11H2,1H3. The average Bonchev–Trinajstić information content (AvgIpc) is 3.02. The summed E-state index contributed by atoms with van der Waals surface area (Å²) in [6.45, 7) is 5.86. The van der Waals surface area contributed by atoms with Crippen LogP contribution in [0, 0.1) is 11.7 Å². The molecule has 21 heavy (non-hydrogen) atoms. The van der Waals surface area contributed by atoms with Gasteiger partial charge in [-0.25, -0.2) is 9.18 Å². The first-order chi connectivity index (χ1) is 10.1. The zero-order valence-electron chi connectivity index (χ0n) is 12.3. The van der Waals surface area contributed by atoms with E-state index >= 15 is 0 Å². The molecule has 0 radical (unpaired) electrons. The fourth-order valence-electron chi connectivity index (χ4n) is 3.32. The summed E-state index contributed by atoms with van der Waals surface area (Å²) in [5, 5.41) is 0. The summed E-state index contributed by atoms with van der Waals surface area (Å²) in [5.74, 6) is 0.402. The van der Waals surface area contributed by atoms with Gasteiger partial charge in [0, 0.05) is 25.7 Å². The Balaban J connectivity index is 1.66. The van der Waals surface area contributed by atoms with Gasteiger partial charge in [0.1, 0.15) is 12.4 Å². The highest BCUT2D eigenvalue weighted by atomic mass is 19.1. The van der Waals surface area contributed by atoms with E-state index in [-0.39, 0.29) is 18.0 Å². The molecule has 0 N–H and O–H groups in total. The smallest absolute Gasteiger partial charge is 0.409 e. The SMILES string of the molecule is CC1CC(c2cccc(F)c2)N(CCN2CCOC2=O)C1. The number of halogens is 1. The molecular weight excluding hydrogens is 271 g/mol. The molecule has 2 aliphatic heterocycles. The zero-order chi connectivity index (χ0) is 14.8. The predicted octanol–water partition coefficient (Wildman–Crippen LogP) is 2.66. The van der Waals surface area contributed by atoms with E-state index in [1.54, 1.807) is 17.0 Å². The summed E-state index contributed by atoms with van der Waals surface area (Å²) in [6, 6.07) is 7.10. The highest BCUT2D eigenvalue weighted by molar-refractivity contribution is 5.69. The Hall–Kier alpha value is -1.62. The van der Waals surface area contributed by atoms with Crippen LogP contribution in [0.3, 0.4) is 0 Å². The molecule has 0 aromatic heterocycles. The number of cyclic esters (lactones) is 1. The van der Waals surface area contributed by atoms with Crippen LogP contribution in [0.2, 0.25) is 0 Å². The second-order valence-corrected chi connectivity index (χ2v) is 6.01. The minimum Gasteiger partial charge on any atom is -0.448 e. The van der Waals surface area contributed by atoms with Crippen molar-refractivity contribution in [2.45, 2.75) is 19.4 Å². The molecule has 2 unspecified atom stereocenters. The van der Waals surface area contributed by atoms with Gasteiger partial charge < -0.3 is 9.64 Å². The van der Waals surface area contributed by atoms with Crippen molar-refractivity contribution in [3.05, 3.63) is 35.6 Å². The van der Waals surface area contributed by atoms with Gasteiger partial charge in [-0.1, -0.05) is 19.1 Å². The van der Waals surface area contributed by atoms with Gasteiger partial charge in [0.2, 0.25) is 0 Å². The first kappa shape index (κ1) is 14.3. The lowest BCUT2D eigenvalue weighted by atomic mass is 10.0. The Morgan fingerprint density at radius 1 is 1.38 bits per heavy atom. The molecule has 4 nitrogen and oxygen atoms in total. The molecule has 114 valence electrons. The van der Waals surface area contributed by atoms with Crippen LogP contribution in [0.1, 0.15) is 24.9 Å². The topological polar surface area (TPSA) is 32.8 Å². The highest BCUT2D eigenvalue weighted by Gasteiger charge is 2.32. The van der Waals surface area contributed by atoms with Crippen molar-refractivity contribution in [3.8, 4) is 0 Å². The molecule has 1 aromatic carbocycles. The molecule has 1 amide bonds. The number of carbonyl (C=O) groups excluding carboxylic acids is 1. The van der Waals surface area contributed by atoms with Gasteiger partial charge >= 0.3 is 6.09 Å². The maximum Gasteiger partial charge on any atom is 0.409 e. The van der Waals surface area contributed by atoms with Crippen molar-refractivity contribution in [1.29, 1.82) is 0 Å². The van der Waals surface area contributed by atoms with Crippen molar-refractivity contribution >= 4 is 6.09 Å². The minimum atomic E-state index is -0.218. The number of amides is 1. The molecule has 2 aliphatic rings. The van der Waals surface area contributed by atoms with Gasteiger partial charge in [-0.15, -0.1) is 0 Å². The molecular formula is C16H21FN2O2. The third kappa shape index (κ3) is 3.18. The van der Waals surface area contributed by atoms with Crippen molar-refractivity contribution in [3.63, 3.8) is 0 Å². The van der Waals surface area contributed by atoms with Gasteiger partial charge in [-0.3, -0.25) is 4.90 Å². The number of carbonyl (C=O) groups is 1. The maximum atomic E-state index is 13.4. The Morgan fingerprint density at radius 3 is 2.95 bits per heavy atom. The normalized spacial score (nSPS) is 26.4. The van der Waals surface area contributed by atoms with E-state index in [9.17, 15) is 9.18 Å². The van der Waals surface area contributed by atoms with E-state index in [1.807, 2.05) is 6.07 Å². The van der Waals surface area contributed by atoms with Gasteiger partial charge in [0.25, 0.3) is 0 Å². The Morgan fingerprint density at radius 2 is 2.24 bits per heavy atom. The first-order valence-electron chi connectivity index (χ1n) is 7.54. The Kier molecular flexibility index (Phi) is 4.10. The predicted molar refractivity (Wildman–Crippen MR) is 77.4 cm³/mol. The van der Waals surface area contributed by atoms with E-state index in [2.05, 4.69) is 11.8 Å². The lowest BCUT2D eigenvalue weighted by molar-refractivity contribution is 0.152. The molecule has 0 saturated carbocycles. The van der Waals surface area contributed by atoms with Crippen molar-refractivity contribution < 1.29 is 13.9 Å². The van der Waals surface area contributed by atoms with Crippen molar-refractivity contribution in [2.24, 2.45) is 5.92 Å². The van der Waals surface area contributed by atoms with Crippen LogP contribution in [0.5, 0.6) is 0 Å². The van der Waals surface area contributed by atoms with Crippen LogP contribution in [0.15, 0.2) is 24.3 Å². The molecule has 2 saturated heterocycles. The van der Waals surface area contributed by atoms with E-state index in [1.165, 1.54) is 6.07 Å². The molecule has 5 heteroatoms. The fourth-order valence-corrected chi connectivity index (χ4v) is 3.32. The van der Waals surface area contributed by atoms with Gasteiger partial charge in [0.05, 0.1) is 6.54 Å². The molecule has 1 aromatic rings. The quantitative estimate of drug-likeness (QED) is 0.855. The van der Waals surface area contributed by atoms with Crippen molar-refractivity contribution in [2.75, 3.05) is 32.8 Å². The molecule has 3 rings (SSSR count). The third-order valence-electron chi connectivity index (χ3n) is 4.35. The van der Waals surface area contributed by atoms with E-state index < -0.39 is 0 Å². The van der Waals surface area contributed by atoms with E-state index in [0.29, 0.717) is 25.6 Å². The second-order valence-electron chi connectivity index (χ2n) is 6.01. The molecule has 2 atom stereocenters. The van der Waals surface area contributed by atoms with E-state index in [0.717, 1.165) is 25.1 Å². The number of hydrogen-bond acceptors (Lipinski definition) is 3. The average molecular weight is 292 g/mol. The van der Waals surface area contributed by atoms with Crippen LogP contribution in [0.4, 0.5) is 9.18 Å². The number of nitrogens with zero attached hydrogens (tertiary/aromatic N) is 2. The number of benzene rings is 1. The van der Waals surface area contributed by atoms with Crippen LogP contribution >= 0.6 is 0 Å². The van der Waals surface area contributed by atoms with Crippen LogP contribution < -0.4 is 0 Å². The lowest BCUT2D eigenvalue weighted by Crippen LogP contribution is -2.35. The molecule has 0 spiro atoms. The monoisotopic (exact) mass is 292 g/mol. The van der Waals surface area contributed by atoms with Gasteiger partial charge in [-0.2, -0.15) is 0 Å². The van der Waals surface area contributed by atoms with E-state index in [4.69, 9.17) is 4.74 Å². The molecule has 2 heterocycles. The third-order valence-corrected chi connectivity index (χ3v) is 4.35. The molecule has 0 bridgehead atoms. The Labute approximate surface area is 124 Å². The summed E-state index contributed by atoms with van der Waals surface area (Å²) in [4.78, 5) is 15.6. The largest absolute Gasteiger partial charge is 0.448 e. The maximum absolute atomic E-state index is 13.4. The number of rotatable bonds is 4. The second kappa shape index (κ2) is 6.02. The van der Waals surface area contributed by atoms with Crippen LogP contribution in [-0.2, 0) is 4.74 Å². The summed E-state index contributed by atoms with van der Waals surface area (Å²) in [7, 11) is 0. The van der Waals surface area contributed by atoms with Crippen LogP contribution in [0.25, 0.3) is 0 Å². The first-order valence-corrected chi connectivity index (χ1v) is 7.54. The number of ether oxygens (including phenoxy) is 1. The number of likely N-dealkylation sites (tertiary alicyclic amines) is 1. The Bertz CT molecular complexity index is 523. The summed E-state index contributed by atoms with van der Waals surface area (Å²) in [5.41, 5.74) is 1.03. The zero-order valence-corrected chi connectivity index (χ0v) is 12.3. The van der Waals surface area contributed by atoms with Crippen molar-refractivity contribution in [1.82, 2.24) is 9.80 Å². The molecule has 2 fully saturated rings. The van der Waals surface area contributed by atoms with Gasteiger partial charge in [-0.05, 0) is 30.0 Å². The minimum absolute atomic E-state index is 0.185.